The van der Waals surface area contributed by atoms with Crippen LogP contribution in [-0.2, 0) is 41.0 Å². The number of morpholine rings is 1. The van der Waals surface area contributed by atoms with Crippen LogP contribution in [0.3, 0.4) is 0 Å². The standard InChI is InChI=1S/C56H64FN9O6/c1-9-52(67)66-47-13-11-10-12-43(47)44-31-41(17-18-48(44)66)54(68)58-24-22-56(7,8)71-27-23-55(5,6)65-34-42(60-62-65)35-70-50-20-14-39(30-45(50)57)15-21-51-59-46-32-40(53-37(3)61-72-38(53)4)16-19-49(46)64(51)33-36(2)63-25-28-69-29-26-63/h9-14,16-20,30-32,34,36H,1,15,21-29,33,35H2,2-8H3,(H,58,68)/t36-/m1/s1. The Morgan fingerprint density at radius 2 is 1.71 bits per heavy atom. The maximum absolute atomic E-state index is 15.6. The number of para-hydroxylation sites is 1. The minimum atomic E-state index is -0.520. The molecule has 0 saturated carbocycles. The highest BCUT2D eigenvalue weighted by atomic mass is 19.1. The first-order valence-electron chi connectivity index (χ1n) is 24.8. The molecule has 0 unspecified atom stereocenters. The van der Waals surface area contributed by atoms with Gasteiger partial charge >= 0.3 is 0 Å². The van der Waals surface area contributed by atoms with Gasteiger partial charge in [-0.3, -0.25) is 19.1 Å². The lowest BCUT2D eigenvalue weighted by molar-refractivity contribution is -0.0333. The van der Waals surface area contributed by atoms with E-state index in [1.54, 1.807) is 33.5 Å². The molecule has 72 heavy (non-hydrogen) atoms. The number of allylic oxidation sites excluding steroid dienone is 1. The molecule has 9 rings (SSSR count). The largest absolute Gasteiger partial charge is 0.484 e. The Bertz CT molecular complexity index is 3250. The van der Waals surface area contributed by atoms with E-state index < -0.39 is 17.0 Å². The van der Waals surface area contributed by atoms with Gasteiger partial charge in [0.15, 0.2) is 11.6 Å². The van der Waals surface area contributed by atoms with Gasteiger partial charge < -0.3 is 28.6 Å². The van der Waals surface area contributed by atoms with Crippen LogP contribution in [0.1, 0.15) is 91.1 Å². The van der Waals surface area contributed by atoms with Crippen LogP contribution in [0.5, 0.6) is 5.75 Å². The fourth-order valence-electron chi connectivity index (χ4n) is 9.69. The molecule has 1 aliphatic heterocycles. The van der Waals surface area contributed by atoms with Crippen molar-refractivity contribution in [2.75, 3.05) is 39.5 Å². The average Bonchev–Trinajstić information content (AvgIpc) is 4.16. The number of carbonyl (C=O) groups excluding carboxylic acids is 2. The quantitative estimate of drug-likeness (QED) is 0.0726. The Kier molecular flexibility index (Phi) is 14.6. The first kappa shape index (κ1) is 50.0. The lowest BCUT2D eigenvalue weighted by Crippen LogP contribution is -2.44. The summed E-state index contributed by atoms with van der Waals surface area (Å²) < 4.78 is 44.7. The van der Waals surface area contributed by atoms with Gasteiger partial charge in [-0.1, -0.05) is 47.3 Å². The molecule has 1 atom stereocenters. The number of hydrogen-bond acceptors (Lipinski definition) is 11. The van der Waals surface area contributed by atoms with E-state index >= 15 is 4.39 Å². The molecule has 4 aromatic carbocycles. The molecular formula is C56H64FN9O6. The van der Waals surface area contributed by atoms with E-state index in [-0.39, 0.29) is 30.2 Å². The maximum Gasteiger partial charge on any atom is 0.254 e. The molecule has 4 aromatic heterocycles. The minimum Gasteiger partial charge on any atom is -0.484 e. The summed E-state index contributed by atoms with van der Waals surface area (Å²) in [5.74, 6) is 0.987. The van der Waals surface area contributed by atoms with Gasteiger partial charge in [0.05, 0.1) is 58.3 Å². The molecular weight excluding hydrogens is 914 g/mol. The number of aromatic nitrogens is 7. The number of ether oxygens (including phenoxy) is 3. The summed E-state index contributed by atoms with van der Waals surface area (Å²) in [6.45, 7) is 22.8. The third kappa shape index (κ3) is 10.8. The summed E-state index contributed by atoms with van der Waals surface area (Å²) in [4.78, 5) is 33.6. The van der Waals surface area contributed by atoms with Crippen molar-refractivity contribution in [1.82, 2.24) is 44.5 Å². The van der Waals surface area contributed by atoms with E-state index in [0.29, 0.717) is 50.1 Å². The number of imidazole rings is 1. The van der Waals surface area contributed by atoms with Crippen molar-refractivity contribution >= 4 is 44.7 Å². The number of amides is 1. The summed E-state index contributed by atoms with van der Waals surface area (Å²) in [6.07, 6.45) is 5.55. The second kappa shape index (κ2) is 21.0. The predicted octanol–water partition coefficient (Wildman–Crippen LogP) is 9.80. The summed E-state index contributed by atoms with van der Waals surface area (Å²) in [5.41, 5.74) is 7.25. The van der Waals surface area contributed by atoms with Crippen molar-refractivity contribution in [3.05, 3.63) is 138 Å². The fraction of sp³-hybridized carbons (Fsp3) is 0.393. The van der Waals surface area contributed by atoms with Crippen LogP contribution in [0.15, 0.2) is 102 Å². The molecule has 15 nitrogen and oxygen atoms in total. The van der Waals surface area contributed by atoms with Crippen LogP contribution in [-0.4, -0.2) is 102 Å². The molecule has 8 aromatic rings. The highest BCUT2D eigenvalue weighted by molar-refractivity contribution is 6.16. The van der Waals surface area contributed by atoms with Gasteiger partial charge in [-0.15, -0.1) is 5.10 Å². The Morgan fingerprint density at radius 3 is 2.47 bits per heavy atom. The molecule has 0 bridgehead atoms. The van der Waals surface area contributed by atoms with Gasteiger partial charge in [-0.05, 0) is 133 Å². The first-order valence-corrected chi connectivity index (χ1v) is 24.8. The fourth-order valence-corrected chi connectivity index (χ4v) is 9.69. The smallest absolute Gasteiger partial charge is 0.254 e. The molecule has 1 aliphatic rings. The molecule has 5 heterocycles. The number of benzene rings is 4. The van der Waals surface area contributed by atoms with Crippen molar-refractivity contribution in [3.8, 4) is 16.9 Å². The van der Waals surface area contributed by atoms with Crippen LogP contribution in [0.25, 0.3) is 44.0 Å². The molecule has 0 spiro atoms. The number of carbonyl (C=O) groups is 2. The van der Waals surface area contributed by atoms with Crippen molar-refractivity contribution in [3.63, 3.8) is 0 Å². The molecule has 1 saturated heterocycles. The molecule has 0 radical (unpaired) electrons. The second-order valence-corrected chi connectivity index (χ2v) is 20.0. The third-order valence-electron chi connectivity index (χ3n) is 14.0. The first-order chi connectivity index (χ1) is 34.6. The number of rotatable bonds is 20. The Balaban J connectivity index is 0.762. The Labute approximate surface area is 418 Å². The zero-order valence-electron chi connectivity index (χ0n) is 42.3. The van der Waals surface area contributed by atoms with Crippen molar-refractivity contribution in [2.45, 2.75) is 104 Å². The van der Waals surface area contributed by atoms with Crippen LogP contribution in [0.4, 0.5) is 4.39 Å². The monoisotopic (exact) mass is 977 g/mol. The van der Waals surface area contributed by atoms with Gasteiger partial charge in [0.25, 0.3) is 11.8 Å². The second-order valence-electron chi connectivity index (χ2n) is 20.0. The minimum absolute atomic E-state index is 0.0506. The van der Waals surface area contributed by atoms with Gasteiger partial charge in [0.2, 0.25) is 0 Å². The number of nitrogens with zero attached hydrogens (tertiary/aromatic N) is 8. The highest BCUT2D eigenvalue weighted by Crippen LogP contribution is 2.33. The van der Waals surface area contributed by atoms with Crippen LogP contribution < -0.4 is 10.1 Å². The number of halogens is 1. The number of aryl methyl sites for hydroxylation is 4. The molecule has 1 N–H and O–H groups in total. The zero-order chi connectivity index (χ0) is 50.7. The summed E-state index contributed by atoms with van der Waals surface area (Å²) in [7, 11) is 0. The summed E-state index contributed by atoms with van der Waals surface area (Å²) in [5, 5.41) is 17.6. The zero-order valence-corrected chi connectivity index (χ0v) is 42.3. The van der Waals surface area contributed by atoms with Crippen LogP contribution in [0, 0.1) is 19.7 Å². The topological polar surface area (TPSA) is 157 Å². The number of nitrogens with one attached hydrogen (secondary N) is 1. The molecule has 16 heteroatoms. The van der Waals surface area contributed by atoms with E-state index in [9.17, 15) is 9.59 Å². The number of fused-ring (bicyclic) bond motifs is 4. The molecule has 1 fully saturated rings. The Hall–Kier alpha value is -7.01. The summed E-state index contributed by atoms with van der Waals surface area (Å²) >= 11 is 0. The van der Waals surface area contributed by atoms with E-state index in [4.69, 9.17) is 23.7 Å². The van der Waals surface area contributed by atoms with Gasteiger partial charge in [0, 0.05) is 67.1 Å². The van der Waals surface area contributed by atoms with Gasteiger partial charge in [0.1, 0.15) is 23.9 Å². The van der Waals surface area contributed by atoms with Crippen LogP contribution in [0.2, 0.25) is 0 Å². The Morgan fingerprint density at radius 1 is 0.931 bits per heavy atom. The maximum atomic E-state index is 15.6. The number of hydrogen-bond donors (Lipinski definition) is 1. The van der Waals surface area contributed by atoms with Crippen molar-refractivity contribution in [1.29, 1.82) is 0 Å². The predicted molar refractivity (Wildman–Crippen MR) is 276 cm³/mol. The van der Waals surface area contributed by atoms with E-state index in [0.717, 1.165) is 99.7 Å². The normalized spacial score (nSPS) is 14.1. The van der Waals surface area contributed by atoms with E-state index in [2.05, 4.69) is 75.8 Å². The average molecular weight is 978 g/mol. The van der Waals surface area contributed by atoms with E-state index in [1.165, 1.54) is 6.08 Å². The lowest BCUT2D eigenvalue weighted by atomic mass is 10.0. The van der Waals surface area contributed by atoms with Gasteiger partial charge in [-0.25, -0.2) is 14.1 Å². The molecule has 0 aliphatic carbocycles. The van der Waals surface area contributed by atoms with Crippen molar-refractivity contribution < 1.29 is 32.7 Å². The highest BCUT2D eigenvalue weighted by Gasteiger charge is 2.27. The lowest BCUT2D eigenvalue weighted by Gasteiger charge is -2.32. The van der Waals surface area contributed by atoms with Gasteiger partial charge in [-0.2, -0.15) is 0 Å². The van der Waals surface area contributed by atoms with E-state index in [1.807, 2.05) is 70.3 Å². The third-order valence-corrected chi connectivity index (χ3v) is 14.0. The van der Waals surface area contributed by atoms with Crippen LogP contribution >= 0.6 is 0 Å². The summed E-state index contributed by atoms with van der Waals surface area (Å²) in [6, 6.07) is 24.8. The molecule has 376 valence electrons. The SMILES string of the molecule is C=CC(=O)n1c2ccccc2c2cc(C(=O)NCCC(C)(C)OCCC(C)(C)n3cc(COc4ccc(CCc5nc6cc(-c7c(C)noc7C)ccc6n5C[C@@H](C)N5CCOCC5)cc4F)nn3)ccc21. The van der Waals surface area contributed by atoms with Crippen molar-refractivity contribution in [2.24, 2.45) is 0 Å². The molecule has 1 amide bonds.